The normalized spacial score (nSPS) is 10.7. The molecule has 3 aromatic carbocycles. The third-order valence-electron chi connectivity index (χ3n) is 2.92. The van der Waals surface area contributed by atoms with Crippen molar-refractivity contribution >= 4 is 36.2 Å². The Morgan fingerprint density at radius 2 is 0.900 bits per heavy atom. The fraction of sp³-hybridized carbons (Fsp3) is 0. The summed E-state index contributed by atoms with van der Waals surface area (Å²) >= 11 is 0.458. The average Bonchev–Trinajstić information content (AvgIpc) is 2.55. The van der Waals surface area contributed by atoms with Crippen LogP contribution in [0.5, 0.6) is 0 Å². The Balaban J connectivity index is 1.96. The molecule has 3 rings (SSSR count). The Kier molecular flexibility index (Phi) is 4.66. The van der Waals surface area contributed by atoms with Gasteiger partial charge in [-0.3, -0.25) is 0 Å². The van der Waals surface area contributed by atoms with E-state index in [0.717, 1.165) is 0 Å². The topological polar surface area (TPSA) is 0 Å². The molecule has 0 bridgehead atoms. The fourth-order valence-corrected chi connectivity index (χ4v) is 8.98. The van der Waals surface area contributed by atoms with E-state index in [0.29, 0.717) is 14.5 Å². The van der Waals surface area contributed by atoms with Gasteiger partial charge in [0.15, 0.2) is 0 Å². The molecule has 98 valence electrons. The van der Waals surface area contributed by atoms with E-state index >= 15 is 0 Å². The molecule has 0 aliphatic carbocycles. The summed E-state index contributed by atoms with van der Waals surface area (Å²) in [4.78, 5) is 0. The van der Waals surface area contributed by atoms with E-state index in [-0.39, 0.29) is 6.61 Å². The van der Waals surface area contributed by atoms with Crippen LogP contribution in [0.25, 0.3) is 0 Å². The van der Waals surface area contributed by atoms with Crippen LogP contribution in [0.3, 0.4) is 0 Å². The van der Waals surface area contributed by atoms with E-state index in [4.69, 9.17) is 0 Å². The molecular formula is C18H15PSe. The minimum atomic E-state index is -0.265. The van der Waals surface area contributed by atoms with Crippen molar-refractivity contribution in [3.8, 4) is 0 Å². The Labute approximate surface area is 127 Å². The van der Waals surface area contributed by atoms with E-state index in [2.05, 4.69) is 91.0 Å². The second-order valence-electron chi connectivity index (χ2n) is 4.37. The molecule has 0 heterocycles. The van der Waals surface area contributed by atoms with Gasteiger partial charge < -0.3 is 0 Å². The molecule has 0 fully saturated rings. The summed E-state index contributed by atoms with van der Waals surface area (Å²) in [6.45, 7) is -0.265. The molecule has 0 N–H and O–H groups in total. The molecule has 0 amide bonds. The quantitative estimate of drug-likeness (QED) is 0.505. The van der Waals surface area contributed by atoms with Gasteiger partial charge in [-0.2, -0.15) is 0 Å². The van der Waals surface area contributed by atoms with Crippen LogP contribution in [0.1, 0.15) is 0 Å². The second-order valence-corrected chi connectivity index (χ2v) is 10.6. The maximum absolute atomic E-state index is 2.27. The summed E-state index contributed by atoms with van der Waals surface area (Å²) < 4.78 is 1.47. The van der Waals surface area contributed by atoms with Gasteiger partial charge in [0.2, 0.25) is 0 Å². The van der Waals surface area contributed by atoms with Crippen LogP contribution < -0.4 is 15.1 Å². The first-order valence-corrected chi connectivity index (χ1v) is 11.0. The summed E-state index contributed by atoms with van der Waals surface area (Å²) in [5.41, 5.74) is 0. The van der Waals surface area contributed by atoms with Crippen LogP contribution in [-0.2, 0) is 0 Å². The van der Waals surface area contributed by atoms with Gasteiger partial charge >= 0.3 is 127 Å². The van der Waals surface area contributed by atoms with Crippen LogP contribution >= 0.6 is 6.61 Å². The summed E-state index contributed by atoms with van der Waals surface area (Å²) in [7, 11) is 0. The third-order valence-corrected chi connectivity index (χ3v) is 10.6. The minimum absolute atomic E-state index is 0.265. The Hall–Kier alpha value is -1.39. The van der Waals surface area contributed by atoms with E-state index in [1.807, 2.05) is 0 Å². The average molecular weight is 341 g/mol. The monoisotopic (exact) mass is 342 g/mol. The van der Waals surface area contributed by atoms with Crippen molar-refractivity contribution in [2.45, 2.75) is 0 Å². The summed E-state index contributed by atoms with van der Waals surface area (Å²) in [6, 6.07) is 32.7. The summed E-state index contributed by atoms with van der Waals surface area (Å²) in [6.07, 6.45) is 0. The van der Waals surface area contributed by atoms with Crippen molar-refractivity contribution < 1.29 is 0 Å². The van der Waals surface area contributed by atoms with Gasteiger partial charge in [-0.05, 0) is 0 Å². The van der Waals surface area contributed by atoms with Crippen LogP contribution in [-0.4, -0.2) is 14.5 Å². The zero-order valence-electron chi connectivity index (χ0n) is 11.0. The van der Waals surface area contributed by atoms with Gasteiger partial charge in [0.25, 0.3) is 0 Å². The van der Waals surface area contributed by atoms with Gasteiger partial charge in [0, 0.05) is 0 Å². The van der Waals surface area contributed by atoms with Gasteiger partial charge in [-0.25, -0.2) is 0 Å². The molecule has 0 nitrogen and oxygen atoms in total. The van der Waals surface area contributed by atoms with E-state index < -0.39 is 0 Å². The van der Waals surface area contributed by atoms with Crippen LogP contribution in [0, 0.1) is 0 Å². The molecule has 0 saturated carbocycles. The van der Waals surface area contributed by atoms with Crippen molar-refractivity contribution in [1.82, 2.24) is 0 Å². The van der Waals surface area contributed by atoms with Gasteiger partial charge in [-0.1, -0.05) is 0 Å². The Morgan fingerprint density at radius 1 is 0.500 bits per heavy atom. The number of rotatable bonds is 4. The third kappa shape index (κ3) is 3.38. The van der Waals surface area contributed by atoms with E-state index in [1.54, 1.807) is 0 Å². The molecule has 0 radical (unpaired) electrons. The number of hydrogen-bond donors (Lipinski definition) is 0. The SMILES string of the molecule is c1ccc([Se]P(c2ccccc2)c2ccccc2)cc1. The first-order chi connectivity index (χ1) is 9.93. The zero-order valence-corrected chi connectivity index (χ0v) is 13.6. The molecule has 0 spiro atoms. The Morgan fingerprint density at radius 3 is 1.35 bits per heavy atom. The van der Waals surface area contributed by atoms with Crippen molar-refractivity contribution in [2.24, 2.45) is 0 Å². The van der Waals surface area contributed by atoms with Crippen LogP contribution in [0.15, 0.2) is 91.0 Å². The molecule has 2 heteroatoms. The van der Waals surface area contributed by atoms with Crippen LogP contribution in [0.2, 0.25) is 0 Å². The first-order valence-electron chi connectivity index (χ1n) is 6.57. The van der Waals surface area contributed by atoms with Crippen molar-refractivity contribution in [3.05, 3.63) is 91.0 Å². The molecule has 20 heavy (non-hydrogen) atoms. The molecule has 0 saturated heterocycles. The van der Waals surface area contributed by atoms with Crippen molar-refractivity contribution in [2.75, 3.05) is 0 Å². The van der Waals surface area contributed by atoms with E-state index in [9.17, 15) is 0 Å². The maximum atomic E-state index is 2.27. The standard InChI is InChI=1S/C18H15PSe/c1-4-10-16(11-5-1)19(17-12-6-2-7-13-17)20-18-14-8-3-9-15-18/h1-15H. The molecule has 0 aliphatic heterocycles. The van der Waals surface area contributed by atoms with Crippen molar-refractivity contribution in [3.63, 3.8) is 0 Å². The van der Waals surface area contributed by atoms with E-state index in [1.165, 1.54) is 15.1 Å². The molecule has 0 aliphatic rings. The summed E-state index contributed by atoms with van der Waals surface area (Å²) in [5, 5.41) is 2.94. The van der Waals surface area contributed by atoms with Gasteiger partial charge in [0.05, 0.1) is 0 Å². The van der Waals surface area contributed by atoms with Gasteiger partial charge in [0.1, 0.15) is 0 Å². The predicted molar refractivity (Wildman–Crippen MR) is 90.9 cm³/mol. The molecular weight excluding hydrogens is 326 g/mol. The number of hydrogen-bond acceptors (Lipinski definition) is 0. The van der Waals surface area contributed by atoms with Gasteiger partial charge in [-0.15, -0.1) is 0 Å². The molecule has 0 aromatic heterocycles. The van der Waals surface area contributed by atoms with Crippen molar-refractivity contribution in [1.29, 1.82) is 0 Å². The Bertz CT molecular complexity index is 599. The number of benzene rings is 3. The molecule has 0 unspecified atom stereocenters. The zero-order chi connectivity index (χ0) is 13.6. The predicted octanol–water partition coefficient (Wildman–Crippen LogP) is 3.06. The second kappa shape index (κ2) is 6.86. The fourth-order valence-electron chi connectivity index (χ4n) is 1.97. The summed E-state index contributed by atoms with van der Waals surface area (Å²) in [5.74, 6) is 0. The first kappa shape index (κ1) is 13.6. The van der Waals surface area contributed by atoms with Crippen LogP contribution in [0.4, 0.5) is 0 Å². The molecule has 3 aromatic rings. The molecule has 0 atom stereocenters.